The Balaban J connectivity index is 0.00000576. The first-order valence-electron chi connectivity index (χ1n) is 9.07. The summed E-state index contributed by atoms with van der Waals surface area (Å²) >= 11 is 0. The van der Waals surface area contributed by atoms with Crippen molar-refractivity contribution in [2.75, 3.05) is 39.8 Å². The topological polar surface area (TPSA) is 58.1 Å². The van der Waals surface area contributed by atoms with E-state index in [1.165, 1.54) is 0 Å². The van der Waals surface area contributed by atoms with E-state index >= 15 is 0 Å². The van der Waals surface area contributed by atoms with E-state index in [-0.39, 0.29) is 47.3 Å². The molecule has 25 heavy (non-hydrogen) atoms. The molecule has 0 bridgehead atoms. The highest BCUT2D eigenvalue weighted by Gasteiger charge is 2.33. The Bertz CT molecular complexity index is 406. The van der Waals surface area contributed by atoms with Crippen molar-refractivity contribution in [3.8, 4) is 0 Å². The molecule has 150 valence electrons. The maximum Gasteiger partial charge on any atom is 0.191 e. The molecule has 1 aliphatic rings. The van der Waals surface area contributed by atoms with Gasteiger partial charge in [0.15, 0.2) is 5.96 Å². The zero-order chi connectivity index (χ0) is 18.4. The molecule has 0 spiro atoms. The predicted octanol–water partition coefficient (Wildman–Crippen LogP) is 2.47. The Morgan fingerprint density at radius 3 is 2.20 bits per heavy atom. The van der Waals surface area contributed by atoms with Crippen LogP contribution in [0.2, 0.25) is 0 Å². The van der Waals surface area contributed by atoms with Crippen molar-refractivity contribution in [2.24, 2.45) is 4.99 Å². The predicted molar refractivity (Wildman–Crippen MR) is 116 cm³/mol. The lowest BCUT2D eigenvalue weighted by Crippen LogP contribution is -2.56. The lowest BCUT2D eigenvalue weighted by Gasteiger charge is -2.44. The summed E-state index contributed by atoms with van der Waals surface area (Å²) in [6, 6.07) is 0. The summed E-state index contributed by atoms with van der Waals surface area (Å²) in [5.74, 6) is 0.838. The van der Waals surface area contributed by atoms with Gasteiger partial charge in [-0.1, -0.05) is 0 Å². The van der Waals surface area contributed by atoms with E-state index in [9.17, 15) is 0 Å². The van der Waals surface area contributed by atoms with Gasteiger partial charge in [-0.05, 0) is 48.5 Å². The Hall–Kier alpha value is -0.120. The molecule has 0 radical (unpaired) electrons. The minimum atomic E-state index is -0.221. The maximum absolute atomic E-state index is 5.85. The highest BCUT2D eigenvalue weighted by Crippen LogP contribution is 2.21. The van der Waals surface area contributed by atoms with Crippen molar-refractivity contribution in [1.82, 2.24) is 15.5 Å². The Kier molecular flexibility index (Phi) is 10.8. The minimum Gasteiger partial charge on any atom is -0.377 e. The van der Waals surface area contributed by atoms with E-state index < -0.39 is 0 Å². The average molecular weight is 470 g/mol. The number of ether oxygens (including phenoxy) is 2. The highest BCUT2D eigenvalue weighted by atomic mass is 127. The van der Waals surface area contributed by atoms with Gasteiger partial charge < -0.3 is 20.1 Å². The fraction of sp³-hybridized carbons (Fsp3) is 0.944. The van der Waals surface area contributed by atoms with Crippen molar-refractivity contribution < 1.29 is 9.47 Å². The average Bonchev–Trinajstić information content (AvgIpc) is 2.49. The molecule has 0 saturated carbocycles. The molecule has 2 unspecified atom stereocenters. The third kappa shape index (κ3) is 8.88. The number of nitrogens with one attached hydrogen (secondary N) is 2. The van der Waals surface area contributed by atoms with Gasteiger partial charge in [-0.15, -0.1) is 24.0 Å². The molecule has 0 amide bonds. The number of nitrogens with zero attached hydrogens (tertiary/aromatic N) is 2. The smallest absolute Gasteiger partial charge is 0.191 e. The highest BCUT2D eigenvalue weighted by molar-refractivity contribution is 14.0. The summed E-state index contributed by atoms with van der Waals surface area (Å²) in [6.07, 6.45) is 0.539. The molecule has 1 aliphatic heterocycles. The molecule has 7 heteroatoms. The molecule has 0 aromatic heterocycles. The van der Waals surface area contributed by atoms with E-state index in [2.05, 4.69) is 64.0 Å². The van der Waals surface area contributed by atoms with Crippen LogP contribution in [0.1, 0.15) is 48.5 Å². The largest absolute Gasteiger partial charge is 0.377 e. The standard InChI is InChI=1S/C18H38N4O2.HI/c1-9-19-16(21-13-18(6,7)23-8)20-12-17(4,5)22-10-14(2)24-15(3)11-22;/h14-15H,9-13H2,1-8H3,(H2,19,20,21);1H. The van der Waals surface area contributed by atoms with Gasteiger partial charge in [-0.2, -0.15) is 0 Å². The van der Waals surface area contributed by atoms with Crippen LogP contribution in [-0.4, -0.2) is 74.0 Å². The molecular formula is C18H39IN4O2. The Morgan fingerprint density at radius 1 is 1.16 bits per heavy atom. The number of hydrogen-bond donors (Lipinski definition) is 2. The van der Waals surface area contributed by atoms with Crippen LogP contribution >= 0.6 is 24.0 Å². The van der Waals surface area contributed by atoms with Gasteiger partial charge in [0.05, 0.1) is 24.4 Å². The Labute approximate surface area is 171 Å². The molecule has 0 aromatic carbocycles. The second-order valence-electron chi connectivity index (χ2n) is 7.99. The molecule has 0 aliphatic carbocycles. The summed E-state index contributed by atoms with van der Waals surface area (Å²) in [6.45, 7) is 19.2. The summed E-state index contributed by atoms with van der Waals surface area (Å²) in [5, 5.41) is 6.69. The molecule has 1 saturated heterocycles. The van der Waals surface area contributed by atoms with E-state index in [1.54, 1.807) is 7.11 Å². The molecule has 2 atom stereocenters. The van der Waals surface area contributed by atoms with Crippen LogP contribution < -0.4 is 10.6 Å². The molecule has 1 fully saturated rings. The van der Waals surface area contributed by atoms with Crippen molar-refractivity contribution in [1.29, 1.82) is 0 Å². The molecule has 2 N–H and O–H groups in total. The zero-order valence-corrected chi connectivity index (χ0v) is 19.6. The second-order valence-corrected chi connectivity index (χ2v) is 7.99. The first-order chi connectivity index (χ1) is 11.1. The molecule has 1 rings (SSSR count). The monoisotopic (exact) mass is 470 g/mol. The van der Waals surface area contributed by atoms with Gasteiger partial charge in [-0.3, -0.25) is 9.89 Å². The van der Waals surface area contributed by atoms with Crippen LogP contribution in [-0.2, 0) is 9.47 Å². The number of rotatable bonds is 7. The summed E-state index contributed by atoms with van der Waals surface area (Å²) in [7, 11) is 1.73. The first-order valence-corrected chi connectivity index (χ1v) is 9.07. The number of aliphatic imine (C=N–C) groups is 1. The van der Waals surface area contributed by atoms with Gasteiger partial charge in [0.25, 0.3) is 0 Å². The van der Waals surface area contributed by atoms with Crippen LogP contribution in [0.5, 0.6) is 0 Å². The molecule has 6 nitrogen and oxygen atoms in total. The molecular weight excluding hydrogens is 431 g/mol. The Morgan fingerprint density at radius 2 is 1.72 bits per heavy atom. The quantitative estimate of drug-likeness (QED) is 0.340. The maximum atomic E-state index is 5.85. The van der Waals surface area contributed by atoms with E-state index in [1.807, 2.05) is 0 Å². The number of methoxy groups -OCH3 is 1. The van der Waals surface area contributed by atoms with Crippen molar-refractivity contribution in [2.45, 2.75) is 71.8 Å². The van der Waals surface area contributed by atoms with Gasteiger partial charge in [0.2, 0.25) is 0 Å². The number of halogens is 1. The van der Waals surface area contributed by atoms with Gasteiger partial charge in [-0.25, -0.2) is 0 Å². The van der Waals surface area contributed by atoms with Gasteiger partial charge in [0.1, 0.15) is 0 Å². The van der Waals surface area contributed by atoms with Crippen LogP contribution in [0.3, 0.4) is 0 Å². The summed E-state index contributed by atoms with van der Waals surface area (Å²) in [4.78, 5) is 7.29. The van der Waals surface area contributed by atoms with Gasteiger partial charge in [0, 0.05) is 38.8 Å². The van der Waals surface area contributed by atoms with Crippen molar-refractivity contribution in [3.05, 3.63) is 0 Å². The molecule has 1 heterocycles. The lowest BCUT2D eigenvalue weighted by molar-refractivity contribution is -0.0939. The SMILES string of the molecule is CCNC(=NCC(C)(C)N1CC(C)OC(C)C1)NCC(C)(C)OC.I. The van der Waals surface area contributed by atoms with Crippen molar-refractivity contribution >= 4 is 29.9 Å². The van der Waals surface area contributed by atoms with E-state index in [0.717, 1.165) is 32.1 Å². The number of guanidine groups is 1. The number of hydrogen-bond acceptors (Lipinski definition) is 4. The zero-order valence-electron chi connectivity index (χ0n) is 17.3. The van der Waals surface area contributed by atoms with Crippen LogP contribution in [0.25, 0.3) is 0 Å². The van der Waals surface area contributed by atoms with E-state index in [4.69, 9.17) is 14.5 Å². The first kappa shape index (κ1) is 24.9. The fourth-order valence-corrected chi connectivity index (χ4v) is 2.76. The van der Waals surface area contributed by atoms with Crippen LogP contribution in [0, 0.1) is 0 Å². The third-order valence-corrected chi connectivity index (χ3v) is 4.48. The van der Waals surface area contributed by atoms with Gasteiger partial charge >= 0.3 is 0 Å². The molecule has 0 aromatic rings. The summed E-state index contributed by atoms with van der Waals surface area (Å²) in [5.41, 5.74) is -0.230. The van der Waals surface area contributed by atoms with E-state index in [0.29, 0.717) is 6.54 Å². The lowest BCUT2D eigenvalue weighted by atomic mass is 10.0. The van der Waals surface area contributed by atoms with Crippen LogP contribution in [0.4, 0.5) is 0 Å². The van der Waals surface area contributed by atoms with Crippen molar-refractivity contribution in [3.63, 3.8) is 0 Å². The fourth-order valence-electron chi connectivity index (χ4n) is 2.76. The van der Waals surface area contributed by atoms with Crippen LogP contribution in [0.15, 0.2) is 4.99 Å². The summed E-state index contributed by atoms with van der Waals surface area (Å²) < 4.78 is 11.3. The number of morpholine rings is 1. The normalized spacial score (nSPS) is 23.1. The third-order valence-electron chi connectivity index (χ3n) is 4.48. The minimum absolute atomic E-state index is 0. The second kappa shape index (κ2) is 10.9.